The molecule has 0 saturated carbocycles. The maximum absolute atomic E-state index is 13.3. The molecule has 2 N–H and O–H groups in total. The smallest absolute Gasteiger partial charge is 0.262 e. The van der Waals surface area contributed by atoms with Crippen molar-refractivity contribution in [2.75, 3.05) is 44.2 Å². The topological polar surface area (TPSA) is 114 Å². The SMILES string of the molecule is O=C1CCC(N2C(=O)c3cc4c(cc3C2=O)CN(CC2CCN(CC3CN(c5ccc([C@@H]6c7ccc(O)cc7CC[C@@H]6c6ccccc6)cc5)C3)CC2)C4)C(=O)N1. The second-order valence-electron chi connectivity index (χ2n) is 17.3. The zero-order valence-electron chi connectivity index (χ0n) is 32.2. The van der Waals surface area contributed by atoms with E-state index < -0.39 is 23.8 Å². The Hall–Kier alpha value is -5.32. The number of imide groups is 2. The molecule has 5 aliphatic heterocycles. The van der Waals surface area contributed by atoms with Crippen LogP contribution in [0.2, 0.25) is 0 Å². The normalized spacial score (nSPS) is 24.3. The molecule has 0 spiro atoms. The number of rotatable bonds is 8. The number of phenolic OH excluding ortho intramolecular Hbond substituents is 1. The predicted molar refractivity (Wildman–Crippen MR) is 216 cm³/mol. The van der Waals surface area contributed by atoms with Crippen molar-refractivity contribution in [2.24, 2.45) is 11.8 Å². The van der Waals surface area contributed by atoms with E-state index in [2.05, 4.69) is 80.7 Å². The van der Waals surface area contributed by atoms with Crippen LogP contribution in [0.4, 0.5) is 5.69 Å². The first-order chi connectivity index (χ1) is 27.8. The van der Waals surface area contributed by atoms with Crippen LogP contribution in [0.15, 0.2) is 84.9 Å². The number of nitrogens with one attached hydrogen (secondary N) is 1. The zero-order chi connectivity index (χ0) is 38.8. The van der Waals surface area contributed by atoms with Crippen molar-refractivity contribution < 1.29 is 24.3 Å². The Labute approximate surface area is 333 Å². The molecule has 5 heterocycles. The molecule has 3 saturated heterocycles. The van der Waals surface area contributed by atoms with Gasteiger partial charge >= 0.3 is 0 Å². The summed E-state index contributed by atoms with van der Waals surface area (Å²) in [4.78, 5) is 59.4. The third kappa shape index (κ3) is 6.72. The predicted octanol–water partition coefficient (Wildman–Crippen LogP) is 5.82. The number of anilines is 1. The quantitative estimate of drug-likeness (QED) is 0.216. The number of hydrogen-bond acceptors (Lipinski definition) is 8. The molecular weight excluding hydrogens is 715 g/mol. The first-order valence-electron chi connectivity index (χ1n) is 20.8. The lowest BCUT2D eigenvalue weighted by Crippen LogP contribution is -2.54. The fourth-order valence-electron chi connectivity index (χ4n) is 10.7. The van der Waals surface area contributed by atoms with Gasteiger partial charge in [0.1, 0.15) is 11.8 Å². The highest BCUT2D eigenvalue weighted by molar-refractivity contribution is 6.23. The van der Waals surface area contributed by atoms with Crippen LogP contribution in [0, 0.1) is 11.8 Å². The lowest BCUT2D eigenvalue weighted by Gasteiger charge is -2.44. The molecule has 57 heavy (non-hydrogen) atoms. The first-order valence-corrected chi connectivity index (χ1v) is 20.8. The highest BCUT2D eigenvalue weighted by Gasteiger charge is 2.45. The van der Waals surface area contributed by atoms with Gasteiger partial charge in [0, 0.05) is 63.2 Å². The number of amides is 4. The largest absolute Gasteiger partial charge is 0.508 e. The molecule has 0 radical (unpaired) electrons. The van der Waals surface area contributed by atoms with E-state index in [1.54, 1.807) is 0 Å². The first kappa shape index (κ1) is 36.0. The molecule has 3 atom stereocenters. The molecule has 292 valence electrons. The molecule has 10 rings (SSSR count). The van der Waals surface area contributed by atoms with Crippen molar-refractivity contribution in [3.8, 4) is 5.75 Å². The fraction of sp³-hybridized carbons (Fsp3) is 0.404. The molecule has 10 heteroatoms. The number of carbonyl (C=O) groups excluding carboxylic acids is 4. The van der Waals surface area contributed by atoms with E-state index in [1.807, 2.05) is 24.3 Å². The van der Waals surface area contributed by atoms with Gasteiger partial charge in [0.2, 0.25) is 11.8 Å². The molecule has 3 fully saturated rings. The lowest BCUT2D eigenvalue weighted by molar-refractivity contribution is -0.136. The van der Waals surface area contributed by atoms with E-state index in [4.69, 9.17) is 0 Å². The summed E-state index contributed by atoms with van der Waals surface area (Å²) >= 11 is 0. The molecule has 4 aromatic carbocycles. The van der Waals surface area contributed by atoms with Gasteiger partial charge in [0.05, 0.1) is 11.1 Å². The number of phenols is 1. The molecule has 0 bridgehead atoms. The third-order valence-electron chi connectivity index (χ3n) is 13.7. The molecule has 1 aliphatic carbocycles. The maximum atomic E-state index is 13.3. The second-order valence-corrected chi connectivity index (χ2v) is 17.3. The van der Waals surface area contributed by atoms with Crippen LogP contribution in [-0.4, -0.2) is 88.7 Å². The Morgan fingerprint density at radius 1 is 0.649 bits per heavy atom. The Morgan fingerprint density at radius 3 is 2.02 bits per heavy atom. The monoisotopic (exact) mass is 763 g/mol. The van der Waals surface area contributed by atoms with Gasteiger partial charge in [0.15, 0.2) is 0 Å². The van der Waals surface area contributed by atoms with Gasteiger partial charge in [-0.15, -0.1) is 0 Å². The summed E-state index contributed by atoms with van der Waals surface area (Å²) in [6.45, 7) is 8.08. The Morgan fingerprint density at radius 2 is 1.33 bits per heavy atom. The van der Waals surface area contributed by atoms with E-state index in [9.17, 15) is 24.3 Å². The molecule has 4 aromatic rings. The van der Waals surface area contributed by atoms with Gasteiger partial charge in [-0.2, -0.15) is 0 Å². The van der Waals surface area contributed by atoms with Crippen LogP contribution >= 0.6 is 0 Å². The summed E-state index contributed by atoms with van der Waals surface area (Å²) in [5, 5.41) is 12.5. The molecule has 6 aliphatic rings. The number of nitrogens with zero attached hydrogens (tertiary/aromatic N) is 4. The molecule has 1 unspecified atom stereocenters. The van der Waals surface area contributed by atoms with Crippen molar-refractivity contribution >= 4 is 29.3 Å². The standard InChI is InChI=1S/C47H49N5O5/c53-37-11-13-39-33(20-37)8-12-38(31-4-2-1-3-5-31)44(39)32-6-9-36(10-7-32)51-25-30(26-51)24-49-18-16-29(17-19-49)23-50-27-34-21-40-41(22-35(34)28-50)47(57)52(46(40)56)42-14-15-43(54)48-45(42)55/h1-7,9-11,13,20-22,29-30,38,42,44,53H,8,12,14-19,23-28H2,(H,48,54,55)/t38-,42?,44+/m1/s1. The summed E-state index contributed by atoms with van der Waals surface area (Å²) in [5.74, 6) is 0.477. The second kappa shape index (κ2) is 14.6. The number of benzene rings is 4. The minimum Gasteiger partial charge on any atom is -0.508 e. The van der Waals surface area contributed by atoms with Gasteiger partial charge in [-0.05, 0) is 127 Å². The van der Waals surface area contributed by atoms with Crippen LogP contribution in [0.5, 0.6) is 5.75 Å². The van der Waals surface area contributed by atoms with Gasteiger partial charge in [-0.3, -0.25) is 34.3 Å². The zero-order valence-corrected chi connectivity index (χ0v) is 32.2. The molecule has 10 nitrogen and oxygen atoms in total. The molecule has 0 aromatic heterocycles. The van der Waals surface area contributed by atoms with Crippen LogP contribution in [0.25, 0.3) is 0 Å². The summed E-state index contributed by atoms with van der Waals surface area (Å²) in [6.07, 6.45) is 4.67. The third-order valence-corrected chi connectivity index (χ3v) is 13.7. The summed E-state index contributed by atoms with van der Waals surface area (Å²) in [7, 11) is 0. The Balaban J connectivity index is 0.702. The minimum absolute atomic E-state index is 0.116. The number of aryl methyl sites for hydroxylation is 1. The van der Waals surface area contributed by atoms with Crippen LogP contribution in [0.3, 0.4) is 0 Å². The van der Waals surface area contributed by atoms with Crippen molar-refractivity contribution in [2.45, 2.75) is 69.5 Å². The van der Waals surface area contributed by atoms with E-state index in [-0.39, 0.29) is 24.7 Å². The number of likely N-dealkylation sites (tertiary alicyclic amines) is 1. The molecular formula is C47H49N5O5. The fourth-order valence-corrected chi connectivity index (χ4v) is 10.7. The van der Waals surface area contributed by atoms with Gasteiger partial charge < -0.3 is 14.9 Å². The summed E-state index contributed by atoms with van der Waals surface area (Å²) in [6, 6.07) is 28.9. The average molecular weight is 764 g/mol. The molecule has 4 amide bonds. The van der Waals surface area contributed by atoms with Gasteiger partial charge in [-0.1, -0.05) is 48.5 Å². The van der Waals surface area contributed by atoms with Crippen LogP contribution in [0.1, 0.15) is 98.0 Å². The summed E-state index contributed by atoms with van der Waals surface area (Å²) in [5.41, 5.74) is 9.51. The number of fused-ring (bicyclic) bond motifs is 3. The Bertz CT molecular complexity index is 2200. The maximum Gasteiger partial charge on any atom is 0.262 e. The van der Waals surface area contributed by atoms with Gasteiger partial charge in [-0.25, -0.2) is 0 Å². The summed E-state index contributed by atoms with van der Waals surface area (Å²) < 4.78 is 0. The van der Waals surface area contributed by atoms with E-state index in [0.717, 1.165) is 81.2 Å². The highest BCUT2D eigenvalue weighted by atomic mass is 16.3. The van der Waals surface area contributed by atoms with Crippen LogP contribution < -0.4 is 10.2 Å². The van der Waals surface area contributed by atoms with Gasteiger partial charge in [0.25, 0.3) is 11.8 Å². The van der Waals surface area contributed by atoms with E-state index in [1.165, 1.54) is 40.8 Å². The number of carbonyl (C=O) groups is 4. The van der Waals surface area contributed by atoms with Crippen molar-refractivity contribution in [1.29, 1.82) is 0 Å². The van der Waals surface area contributed by atoms with Crippen molar-refractivity contribution in [3.05, 3.63) is 129 Å². The number of hydrogen-bond donors (Lipinski definition) is 2. The Kier molecular flexibility index (Phi) is 9.21. The van der Waals surface area contributed by atoms with Crippen molar-refractivity contribution in [1.82, 2.24) is 20.0 Å². The number of aromatic hydroxyl groups is 1. The van der Waals surface area contributed by atoms with Crippen molar-refractivity contribution in [3.63, 3.8) is 0 Å². The lowest BCUT2D eigenvalue weighted by atomic mass is 9.69. The van der Waals surface area contributed by atoms with E-state index >= 15 is 0 Å². The van der Waals surface area contributed by atoms with E-state index in [0.29, 0.717) is 34.6 Å². The van der Waals surface area contributed by atoms with Crippen LogP contribution in [-0.2, 0) is 29.1 Å². The highest BCUT2D eigenvalue weighted by Crippen LogP contribution is 2.47. The number of piperidine rings is 2. The minimum atomic E-state index is -0.939. The average Bonchev–Trinajstić information content (AvgIpc) is 3.71.